The molecule has 5 rings (SSSR count). The summed E-state index contributed by atoms with van der Waals surface area (Å²) in [7, 11) is 1.50. The number of nitrogens with zero attached hydrogens (tertiary/aromatic N) is 2. The van der Waals surface area contributed by atoms with E-state index < -0.39 is 17.8 Å². The van der Waals surface area contributed by atoms with E-state index in [9.17, 15) is 14.0 Å². The van der Waals surface area contributed by atoms with Crippen molar-refractivity contribution in [2.45, 2.75) is 26.5 Å². The van der Waals surface area contributed by atoms with E-state index in [4.69, 9.17) is 37.4 Å². The van der Waals surface area contributed by atoms with Crippen molar-refractivity contribution in [2.24, 2.45) is 4.99 Å². The lowest BCUT2D eigenvalue weighted by atomic mass is 9.96. The number of rotatable bonds is 8. The first kappa shape index (κ1) is 29.6. The normalized spacial score (nSPS) is 14.8. The summed E-state index contributed by atoms with van der Waals surface area (Å²) in [5.41, 5.74) is 2.31. The van der Waals surface area contributed by atoms with Gasteiger partial charge in [0.15, 0.2) is 16.3 Å². The van der Waals surface area contributed by atoms with E-state index in [1.807, 2.05) is 12.1 Å². The largest absolute Gasteiger partial charge is 0.493 e. The second kappa shape index (κ2) is 12.5. The van der Waals surface area contributed by atoms with Crippen molar-refractivity contribution in [1.29, 1.82) is 0 Å². The van der Waals surface area contributed by atoms with Gasteiger partial charge in [-0.15, -0.1) is 0 Å². The maximum Gasteiger partial charge on any atom is 0.338 e. The summed E-state index contributed by atoms with van der Waals surface area (Å²) in [6.07, 6.45) is 1.67. The molecule has 0 fully saturated rings. The number of aromatic nitrogens is 1. The van der Waals surface area contributed by atoms with Gasteiger partial charge in [-0.1, -0.05) is 58.8 Å². The number of carbonyl (C=O) groups is 1. The summed E-state index contributed by atoms with van der Waals surface area (Å²) >= 11 is 13.7. The smallest absolute Gasteiger partial charge is 0.338 e. The summed E-state index contributed by atoms with van der Waals surface area (Å²) in [6.45, 7) is 3.78. The number of fused-ring (bicyclic) bond motifs is 1. The topological polar surface area (TPSA) is 79.1 Å². The van der Waals surface area contributed by atoms with Crippen LogP contribution in [0.5, 0.6) is 11.5 Å². The Morgan fingerprint density at radius 1 is 1.12 bits per heavy atom. The van der Waals surface area contributed by atoms with Gasteiger partial charge in [-0.05, 0) is 73.0 Å². The molecule has 0 saturated heterocycles. The zero-order chi connectivity index (χ0) is 30.0. The molecule has 0 N–H and O–H groups in total. The summed E-state index contributed by atoms with van der Waals surface area (Å²) in [6, 6.07) is 15.5. The second-order valence-corrected chi connectivity index (χ2v) is 11.2. The Labute approximate surface area is 254 Å². The molecule has 11 heteroatoms. The molecule has 0 aliphatic carbocycles. The molecule has 1 aliphatic rings. The number of hydrogen-bond donors (Lipinski definition) is 0. The minimum absolute atomic E-state index is 0.151. The Morgan fingerprint density at radius 3 is 2.50 bits per heavy atom. The first-order valence-electron chi connectivity index (χ1n) is 12.9. The third-order valence-electron chi connectivity index (χ3n) is 6.55. The highest BCUT2D eigenvalue weighted by atomic mass is 35.5. The Balaban J connectivity index is 1.56. The summed E-state index contributed by atoms with van der Waals surface area (Å²) < 4.78 is 32.3. The van der Waals surface area contributed by atoms with Crippen LogP contribution in [0.2, 0.25) is 10.0 Å². The van der Waals surface area contributed by atoms with Crippen LogP contribution in [-0.4, -0.2) is 24.3 Å². The van der Waals surface area contributed by atoms with Crippen LogP contribution in [-0.2, 0) is 16.1 Å². The number of esters is 1. The number of hydrogen-bond acceptors (Lipinski definition) is 7. The number of halogens is 3. The maximum absolute atomic E-state index is 13.8. The SMILES string of the molecule is CCOC(=O)C1=C(C)N=c2s/c(=C\c3cc(Cl)c(OCc4ccc(Cl)cc4)c(OC)c3)c(=O)n2[C@H]1c1ccc(F)cc1. The van der Waals surface area contributed by atoms with Gasteiger partial charge in [-0.3, -0.25) is 9.36 Å². The molecule has 7 nitrogen and oxygen atoms in total. The van der Waals surface area contributed by atoms with Gasteiger partial charge in [0.2, 0.25) is 0 Å². The molecule has 0 spiro atoms. The molecule has 0 unspecified atom stereocenters. The zero-order valence-corrected chi connectivity index (χ0v) is 25.1. The molecule has 0 radical (unpaired) electrons. The molecule has 216 valence electrons. The average Bonchev–Trinajstić information content (AvgIpc) is 3.26. The molecule has 1 aromatic heterocycles. The Hall–Kier alpha value is -3.92. The van der Waals surface area contributed by atoms with Gasteiger partial charge in [-0.2, -0.15) is 0 Å². The monoisotopic (exact) mass is 626 g/mol. The molecule has 1 aliphatic heterocycles. The van der Waals surface area contributed by atoms with Crippen molar-refractivity contribution in [3.05, 3.63) is 124 Å². The van der Waals surface area contributed by atoms with Gasteiger partial charge in [0, 0.05) is 5.02 Å². The van der Waals surface area contributed by atoms with Crippen LogP contribution < -0.4 is 24.4 Å². The van der Waals surface area contributed by atoms with E-state index in [1.54, 1.807) is 56.3 Å². The molecule has 1 atom stereocenters. The van der Waals surface area contributed by atoms with E-state index in [0.29, 0.717) is 47.7 Å². The Morgan fingerprint density at radius 2 is 1.83 bits per heavy atom. The fraction of sp³-hybridized carbons (Fsp3) is 0.194. The van der Waals surface area contributed by atoms with Crippen LogP contribution in [0.15, 0.2) is 81.7 Å². The lowest BCUT2D eigenvalue weighted by Gasteiger charge is -2.24. The summed E-state index contributed by atoms with van der Waals surface area (Å²) in [4.78, 5) is 31.8. The van der Waals surface area contributed by atoms with Gasteiger partial charge in [-0.25, -0.2) is 14.2 Å². The standard InChI is InChI=1S/C31H25Cl2FN2O5S/c1-4-40-30(38)26-17(2)35-31-36(27(26)20-7-11-22(34)12-8-20)29(37)25(42-31)15-19-13-23(33)28(24(14-19)39-3)41-16-18-5-9-21(32)10-6-18/h5-15,27H,4,16H2,1-3H3/b25-15-/t27-/m0/s1. The first-order valence-corrected chi connectivity index (χ1v) is 14.5. The fourth-order valence-electron chi connectivity index (χ4n) is 4.60. The maximum atomic E-state index is 13.8. The zero-order valence-electron chi connectivity index (χ0n) is 22.8. The van der Waals surface area contributed by atoms with E-state index in [0.717, 1.165) is 16.9 Å². The van der Waals surface area contributed by atoms with Crippen molar-refractivity contribution >= 4 is 46.6 Å². The van der Waals surface area contributed by atoms with Crippen LogP contribution in [0.3, 0.4) is 0 Å². The van der Waals surface area contributed by atoms with E-state index in [-0.39, 0.29) is 24.3 Å². The third kappa shape index (κ3) is 5.99. The van der Waals surface area contributed by atoms with E-state index in [2.05, 4.69) is 4.99 Å². The van der Waals surface area contributed by atoms with Crippen LogP contribution >= 0.6 is 34.5 Å². The van der Waals surface area contributed by atoms with Crippen LogP contribution in [0.4, 0.5) is 4.39 Å². The Kier molecular flexibility index (Phi) is 8.82. The van der Waals surface area contributed by atoms with Gasteiger partial charge < -0.3 is 14.2 Å². The van der Waals surface area contributed by atoms with Crippen molar-refractivity contribution in [1.82, 2.24) is 4.57 Å². The predicted molar refractivity (Wildman–Crippen MR) is 161 cm³/mol. The number of methoxy groups -OCH3 is 1. The van der Waals surface area contributed by atoms with Gasteiger partial charge in [0.1, 0.15) is 12.4 Å². The highest BCUT2D eigenvalue weighted by molar-refractivity contribution is 7.07. The van der Waals surface area contributed by atoms with Gasteiger partial charge >= 0.3 is 5.97 Å². The molecule has 42 heavy (non-hydrogen) atoms. The summed E-state index contributed by atoms with van der Waals surface area (Å²) in [5, 5.41) is 0.923. The van der Waals surface area contributed by atoms with E-state index in [1.165, 1.54) is 23.8 Å². The minimum Gasteiger partial charge on any atom is -0.493 e. The van der Waals surface area contributed by atoms with Crippen molar-refractivity contribution in [2.75, 3.05) is 13.7 Å². The number of benzene rings is 3. The molecular weight excluding hydrogens is 602 g/mol. The van der Waals surface area contributed by atoms with Crippen LogP contribution in [0, 0.1) is 5.82 Å². The molecular formula is C31H25Cl2FN2O5S. The molecule has 0 bridgehead atoms. The number of thiazole rings is 1. The van der Waals surface area contributed by atoms with Crippen LogP contribution in [0.25, 0.3) is 6.08 Å². The highest BCUT2D eigenvalue weighted by Crippen LogP contribution is 2.37. The summed E-state index contributed by atoms with van der Waals surface area (Å²) in [5.74, 6) is -0.275. The quantitative estimate of drug-likeness (QED) is 0.230. The minimum atomic E-state index is -0.843. The third-order valence-corrected chi connectivity index (χ3v) is 8.06. The molecule has 3 aromatic carbocycles. The van der Waals surface area contributed by atoms with Gasteiger partial charge in [0.05, 0.1) is 40.6 Å². The number of ether oxygens (including phenoxy) is 3. The molecule has 2 heterocycles. The van der Waals surface area contributed by atoms with Crippen molar-refractivity contribution in [3.63, 3.8) is 0 Å². The second-order valence-electron chi connectivity index (χ2n) is 9.30. The van der Waals surface area contributed by atoms with Crippen molar-refractivity contribution in [3.8, 4) is 11.5 Å². The number of carbonyl (C=O) groups excluding carboxylic acids is 1. The first-order chi connectivity index (χ1) is 20.2. The number of allylic oxidation sites excluding steroid dienone is 1. The lowest BCUT2D eigenvalue weighted by Crippen LogP contribution is -2.39. The van der Waals surface area contributed by atoms with Crippen molar-refractivity contribution < 1.29 is 23.4 Å². The highest BCUT2D eigenvalue weighted by Gasteiger charge is 2.33. The average molecular weight is 628 g/mol. The fourth-order valence-corrected chi connectivity index (χ4v) is 6.05. The molecule has 0 saturated carbocycles. The van der Waals surface area contributed by atoms with Gasteiger partial charge in [0.25, 0.3) is 5.56 Å². The molecule has 0 amide bonds. The predicted octanol–water partition coefficient (Wildman–Crippen LogP) is 5.83. The lowest BCUT2D eigenvalue weighted by molar-refractivity contribution is -0.139. The Bertz CT molecular complexity index is 1870. The molecule has 4 aromatic rings. The van der Waals surface area contributed by atoms with Crippen LogP contribution in [0.1, 0.15) is 36.6 Å². The van der Waals surface area contributed by atoms with E-state index >= 15 is 0 Å².